The fourth-order valence-corrected chi connectivity index (χ4v) is 2.46. The quantitative estimate of drug-likeness (QED) is 0.831. The van der Waals surface area contributed by atoms with Gasteiger partial charge in [0.25, 0.3) is 5.91 Å². The topological polar surface area (TPSA) is 38.3 Å². The van der Waals surface area contributed by atoms with Gasteiger partial charge in [-0.15, -0.1) is 0 Å². The molecule has 0 aromatic heterocycles. The Balaban J connectivity index is 2.10. The molecule has 1 N–H and O–H groups in total. The predicted molar refractivity (Wildman–Crippen MR) is 95.4 cm³/mol. The third kappa shape index (κ3) is 4.49. The van der Waals surface area contributed by atoms with E-state index in [1.54, 1.807) is 12.1 Å². The molecule has 0 aliphatic rings. The molecular weight excluding hydrogens is 310 g/mol. The molecule has 3 nitrogen and oxygen atoms in total. The van der Waals surface area contributed by atoms with Crippen molar-refractivity contribution in [2.24, 2.45) is 0 Å². The summed E-state index contributed by atoms with van der Waals surface area (Å²) in [6.07, 6.45) is 0.0366. The summed E-state index contributed by atoms with van der Waals surface area (Å²) in [6.45, 7) is 7.84. The van der Waals surface area contributed by atoms with Gasteiger partial charge in [-0.3, -0.25) is 4.79 Å². The van der Waals surface area contributed by atoms with E-state index in [9.17, 15) is 4.79 Å². The minimum Gasteiger partial charge on any atom is -0.481 e. The minimum absolute atomic E-state index is 0.146. The molecule has 2 aromatic carbocycles. The van der Waals surface area contributed by atoms with E-state index in [4.69, 9.17) is 16.3 Å². The van der Waals surface area contributed by atoms with Crippen molar-refractivity contribution in [1.29, 1.82) is 0 Å². The first-order chi connectivity index (χ1) is 10.9. The van der Waals surface area contributed by atoms with Crippen molar-refractivity contribution >= 4 is 23.2 Å². The van der Waals surface area contributed by atoms with E-state index in [1.807, 2.05) is 52.0 Å². The van der Waals surface area contributed by atoms with Gasteiger partial charge in [0.15, 0.2) is 6.10 Å². The molecule has 23 heavy (non-hydrogen) atoms. The Kier molecular flexibility index (Phi) is 5.67. The van der Waals surface area contributed by atoms with Crippen LogP contribution in [0.3, 0.4) is 0 Å². The number of hydrogen-bond donors (Lipinski definition) is 1. The molecule has 122 valence electrons. The Labute approximate surface area is 142 Å². The maximum Gasteiger partial charge on any atom is 0.265 e. The summed E-state index contributed by atoms with van der Waals surface area (Å²) in [5.41, 5.74) is 3.94. The summed E-state index contributed by atoms with van der Waals surface area (Å²) in [4.78, 5) is 12.5. The van der Waals surface area contributed by atoms with Gasteiger partial charge < -0.3 is 10.1 Å². The van der Waals surface area contributed by atoms with Crippen molar-refractivity contribution in [3.63, 3.8) is 0 Å². The summed E-state index contributed by atoms with van der Waals surface area (Å²) in [7, 11) is 0. The van der Waals surface area contributed by atoms with Crippen LogP contribution >= 0.6 is 11.6 Å². The molecule has 0 heterocycles. The number of carbonyl (C=O) groups excluding carboxylic acids is 1. The lowest BCUT2D eigenvalue weighted by atomic mass is 10.1. The van der Waals surface area contributed by atoms with Gasteiger partial charge in [-0.05, 0) is 62.6 Å². The molecule has 2 aromatic rings. The molecule has 0 aliphatic heterocycles. The van der Waals surface area contributed by atoms with E-state index in [-0.39, 0.29) is 5.91 Å². The first-order valence-corrected chi connectivity index (χ1v) is 8.09. The summed E-state index contributed by atoms with van der Waals surface area (Å²) in [6, 6.07) is 11.3. The zero-order valence-corrected chi connectivity index (χ0v) is 14.7. The molecule has 0 radical (unpaired) electrons. The van der Waals surface area contributed by atoms with Gasteiger partial charge in [0, 0.05) is 10.7 Å². The van der Waals surface area contributed by atoms with Crippen molar-refractivity contribution in [2.75, 3.05) is 5.32 Å². The van der Waals surface area contributed by atoms with E-state index >= 15 is 0 Å². The lowest BCUT2D eigenvalue weighted by Gasteiger charge is -2.18. The minimum atomic E-state index is -0.545. The summed E-state index contributed by atoms with van der Waals surface area (Å²) in [5, 5.41) is 3.63. The molecule has 1 atom stereocenters. The first kappa shape index (κ1) is 17.4. The van der Waals surface area contributed by atoms with Crippen LogP contribution in [-0.4, -0.2) is 12.0 Å². The van der Waals surface area contributed by atoms with Gasteiger partial charge in [0.05, 0.1) is 0 Å². The molecule has 2 rings (SSSR count). The third-order valence-electron chi connectivity index (χ3n) is 3.71. The maximum atomic E-state index is 12.5. The van der Waals surface area contributed by atoms with Crippen molar-refractivity contribution in [2.45, 2.75) is 40.2 Å². The number of ether oxygens (including phenoxy) is 1. The van der Waals surface area contributed by atoms with Crippen molar-refractivity contribution in [3.05, 3.63) is 58.1 Å². The highest BCUT2D eigenvalue weighted by Crippen LogP contribution is 2.23. The molecule has 0 aliphatic carbocycles. The second-order valence-electron chi connectivity index (χ2n) is 5.73. The fourth-order valence-electron chi connectivity index (χ4n) is 2.34. The van der Waals surface area contributed by atoms with E-state index in [2.05, 4.69) is 5.32 Å². The fraction of sp³-hybridized carbons (Fsp3) is 0.316. The van der Waals surface area contributed by atoms with Crippen LogP contribution in [0.15, 0.2) is 36.4 Å². The molecule has 0 saturated carbocycles. The number of benzene rings is 2. The summed E-state index contributed by atoms with van der Waals surface area (Å²) < 4.78 is 5.83. The van der Waals surface area contributed by atoms with Crippen LogP contribution in [-0.2, 0) is 4.79 Å². The smallest absolute Gasteiger partial charge is 0.265 e. The third-order valence-corrected chi connectivity index (χ3v) is 4.13. The van der Waals surface area contributed by atoms with Crippen molar-refractivity contribution < 1.29 is 9.53 Å². The van der Waals surface area contributed by atoms with Crippen LogP contribution < -0.4 is 10.1 Å². The zero-order chi connectivity index (χ0) is 17.0. The number of aryl methyl sites for hydroxylation is 3. The van der Waals surface area contributed by atoms with Crippen LogP contribution in [0.5, 0.6) is 5.75 Å². The Morgan fingerprint density at radius 3 is 2.48 bits per heavy atom. The molecule has 4 heteroatoms. The Morgan fingerprint density at radius 2 is 1.87 bits per heavy atom. The number of rotatable bonds is 5. The molecule has 0 fully saturated rings. The number of halogens is 1. The first-order valence-electron chi connectivity index (χ1n) is 7.71. The van der Waals surface area contributed by atoms with Crippen molar-refractivity contribution in [3.8, 4) is 5.75 Å². The van der Waals surface area contributed by atoms with Gasteiger partial charge in [0.2, 0.25) is 0 Å². The lowest BCUT2D eigenvalue weighted by molar-refractivity contribution is -0.122. The van der Waals surface area contributed by atoms with Gasteiger partial charge in [-0.25, -0.2) is 0 Å². The average Bonchev–Trinajstić information content (AvgIpc) is 2.51. The lowest BCUT2D eigenvalue weighted by Crippen LogP contribution is -2.32. The molecular formula is C19H22ClNO2. The van der Waals surface area contributed by atoms with Crippen molar-refractivity contribution in [1.82, 2.24) is 0 Å². The number of hydrogen-bond acceptors (Lipinski definition) is 2. The highest BCUT2D eigenvalue weighted by atomic mass is 35.5. The maximum absolute atomic E-state index is 12.5. The standard InChI is InChI=1S/C19H22ClNO2/c1-5-18(23-15-7-8-16(20)13(3)11-15)19(22)21-17-9-6-12(2)10-14(17)4/h6-11,18H,5H2,1-4H3,(H,21,22). The Bertz CT molecular complexity index is 713. The SMILES string of the molecule is CCC(Oc1ccc(Cl)c(C)c1)C(=O)Nc1ccc(C)cc1C. The number of amides is 1. The molecule has 0 bridgehead atoms. The van der Waals surface area contributed by atoms with Gasteiger partial charge in [-0.2, -0.15) is 0 Å². The van der Waals surface area contributed by atoms with E-state index in [0.717, 1.165) is 16.8 Å². The van der Waals surface area contributed by atoms with Crippen LogP contribution in [0.1, 0.15) is 30.0 Å². The van der Waals surface area contributed by atoms with Gasteiger partial charge in [-0.1, -0.05) is 36.2 Å². The largest absolute Gasteiger partial charge is 0.481 e. The van der Waals surface area contributed by atoms with Crippen LogP contribution in [0.2, 0.25) is 5.02 Å². The molecule has 0 spiro atoms. The normalized spacial score (nSPS) is 11.9. The Morgan fingerprint density at radius 1 is 1.13 bits per heavy atom. The predicted octanol–water partition coefficient (Wildman–Crippen LogP) is 5.06. The second-order valence-corrected chi connectivity index (χ2v) is 6.14. The van der Waals surface area contributed by atoms with E-state index in [0.29, 0.717) is 17.2 Å². The number of nitrogens with one attached hydrogen (secondary N) is 1. The van der Waals surface area contributed by atoms with Gasteiger partial charge >= 0.3 is 0 Å². The molecule has 1 amide bonds. The van der Waals surface area contributed by atoms with E-state index in [1.165, 1.54) is 5.56 Å². The second kappa shape index (κ2) is 7.51. The molecule has 1 unspecified atom stereocenters. The number of carbonyl (C=O) groups is 1. The van der Waals surface area contributed by atoms with Gasteiger partial charge in [0.1, 0.15) is 5.75 Å². The van der Waals surface area contributed by atoms with Crippen LogP contribution in [0, 0.1) is 20.8 Å². The average molecular weight is 332 g/mol. The molecule has 0 saturated heterocycles. The van der Waals surface area contributed by atoms with Crippen LogP contribution in [0.25, 0.3) is 0 Å². The van der Waals surface area contributed by atoms with E-state index < -0.39 is 6.10 Å². The summed E-state index contributed by atoms with van der Waals surface area (Å²) in [5.74, 6) is 0.501. The van der Waals surface area contributed by atoms with Crippen LogP contribution in [0.4, 0.5) is 5.69 Å². The summed E-state index contributed by atoms with van der Waals surface area (Å²) >= 11 is 6.02. The monoisotopic (exact) mass is 331 g/mol. The zero-order valence-electron chi connectivity index (χ0n) is 13.9. The number of anilines is 1. The highest BCUT2D eigenvalue weighted by molar-refractivity contribution is 6.31. The Hall–Kier alpha value is -2.00. The highest BCUT2D eigenvalue weighted by Gasteiger charge is 2.19.